The van der Waals surface area contributed by atoms with Crippen LogP contribution in [0, 0.1) is 0 Å². The van der Waals surface area contributed by atoms with Gasteiger partial charge < -0.3 is 5.48 Å². The topological polar surface area (TPSA) is 31.5 Å². The first kappa shape index (κ1) is 16.4. The first-order valence-electron chi connectivity index (χ1n) is 0.567. The summed E-state index contributed by atoms with van der Waals surface area (Å²) < 4.78 is 0. The maximum atomic E-state index is 3.30. The molecule has 0 spiro atoms. The summed E-state index contributed by atoms with van der Waals surface area (Å²) in [7, 11) is 0. The minimum atomic E-state index is -1.11. The minimum Gasteiger partial charge on any atom is 1.00 e. The molecule has 0 rings (SSSR count). The Balaban J connectivity index is -0.0000000450. The fraction of sp³-hybridized carbons (Fsp3) is 0. The molecule has 6 heteroatoms. The van der Waals surface area contributed by atoms with Crippen LogP contribution in [0.3, 0.4) is 0 Å². The van der Waals surface area contributed by atoms with E-state index in [1.54, 1.807) is 0 Å². The van der Waals surface area contributed by atoms with Gasteiger partial charge in [-0.15, -0.1) is 0 Å². The second kappa shape index (κ2) is 11.6. The Morgan fingerprint density at radius 1 is 1.00 bits per heavy atom. The van der Waals surface area contributed by atoms with Crippen LogP contribution in [-0.2, 0) is 0 Å². The number of hydrogen-bond acceptors (Lipinski definition) is 0. The van der Waals surface area contributed by atoms with Crippen LogP contribution in [0.4, 0.5) is 0 Å². The fourth-order valence-electron chi connectivity index (χ4n) is 0. The van der Waals surface area contributed by atoms with E-state index in [0.29, 0.717) is 0 Å². The van der Waals surface area contributed by atoms with E-state index in [2.05, 4.69) is 38.1 Å². The van der Waals surface area contributed by atoms with Gasteiger partial charge in [-0.3, -0.25) is 0 Å². The van der Waals surface area contributed by atoms with Crippen LogP contribution in [0.5, 0.6) is 0 Å². The summed E-state index contributed by atoms with van der Waals surface area (Å²) in [6.07, 6.45) is 0. The van der Waals surface area contributed by atoms with Crippen molar-refractivity contribution >= 4 is 51.2 Å². The first-order valence-corrected chi connectivity index (χ1v) is 19.8. The average molecular weight is 416 g/mol. The zero-order valence-corrected chi connectivity index (χ0v) is 13.9. The molecule has 0 heterocycles. The van der Waals surface area contributed by atoms with Gasteiger partial charge in [-0.1, -0.05) is 0 Å². The normalized spacial score (nSPS) is 6.00. The third-order valence-corrected chi connectivity index (χ3v) is 0. The Labute approximate surface area is 105 Å². The van der Waals surface area contributed by atoms with Gasteiger partial charge in [0.15, 0.2) is 0 Å². The summed E-state index contributed by atoms with van der Waals surface area (Å²) in [5.41, 5.74) is 0. The van der Waals surface area contributed by atoms with Gasteiger partial charge in [0.25, 0.3) is 0 Å². The third-order valence-electron chi connectivity index (χ3n) is 0. The summed E-state index contributed by atoms with van der Waals surface area (Å²) in [6.45, 7) is 0. The van der Waals surface area contributed by atoms with Crippen molar-refractivity contribution in [1.82, 2.24) is 0 Å². The molecule has 0 aliphatic carbocycles. The zero-order chi connectivity index (χ0) is 3.58. The molecule has 0 radical (unpaired) electrons. The second-order valence-electron chi connectivity index (χ2n) is 0.214. The SMILES string of the molecule is O.[Br][Sn-]([Br])[Br].[K+]. The van der Waals surface area contributed by atoms with Gasteiger partial charge in [0.2, 0.25) is 0 Å². The molecule has 0 aromatic rings. The van der Waals surface area contributed by atoms with E-state index in [1.807, 2.05) is 0 Å². The molecule has 6 heavy (non-hydrogen) atoms. The molecule has 0 unspecified atom stereocenters. The van der Waals surface area contributed by atoms with Crippen molar-refractivity contribution in [1.29, 1.82) is 0 Å². The van der Waals surface area contributed by atoms with Gasteiger partial charge in [0.05, 0.1) is 0 Å². The van der Waals surface area contributed by atoms with Gasteiger partial charge in [0, 0.05) is 0 Å². The van der Waals surface area contributed by atoms with Crippen molar-refractivity contribution in [2.45, 2.75) is 0 Å². The Morgan fingerprint density at radius 2 is 1.00 bits per heavy atom. The van der Waals surface area contributed by atoms with Crippen LogP contribution < -0.4 is 51.4 Å². The van der Waals surface area contributed by atoms with Crippen molar-refractivity contribution in [3.8, 4) is 0 Å². The minimum absolute atomic E-state index is 0. The molecule has 1 nitrogen and oxygen atoms in total. The summed E-state index contributed by atoms with van der Waals surface area (Å²) in [6, 6.07) is 0. The summed E-state index contributed by atoms with van der Waals surface area (Å²) >= 11 is 8.80. The third kappa shape index (κ3) is 24.9. The molecule has 0 saturated heterocycles. The van der Waals surface area contributed by atoms with E-state index < -0.39 is 13.1 Å². The Bertz CT molecular complexity index is 15.5. The van der Waals surface area contributed by atoms with Crippen LogP contribution in [0.15, 0.2) is 0 Å². The Morgan fingerprint density at radius 3 is 1.00 bits per heavy atom. The molecule has 0 aromatic heterocycles. The van der Waals surface area contributed by atoms with Gasteiger partial charge in [-0.05, 0) is 0 Å². The molecular weight excluding hydrogens is 414 g/mol. The quantitative estimate of drug-likeness (QED) is 0.424. The van der Waals surface area contributed by atoms with Crippen molar-refractivity contribution < 1.29 is 56.9 Å². The van der Waals surface area contributed by atoms with Crippen molar-refractivity contribution in [2.24, 2.45) is 0 Å². The number of halogens is 3. The molecular formula is H2Br3KOSn. The van der Waals surface area contributed by atoms with Crippen LogP contribution in [0.25, 0.3) is 0 Å². The van der Waals surface area contributed by atoms with E-state index in [9.17, 15) is 0 Å². The monoisotopic (exact) mass is 414 g/mol. The Hall–Kier alpha value is 3.84. The molecule has 0 fully saturated rings. The molecule has 0 amide bonds. The maximum absolute atomic E-state index is 3.30. The molecule has 34 valence electrons. The summed E-state index contributed by atoms with van der Waals surface area (Å²) in [5, 5.41) is 0. The van der Waals surface area contributed by atoms with Gasteiger partial charge in [0.1, 0.15) is 0 Å². The fourth-order valence-corrected chi connectivity index (χ4v) is 0. The first-order chi connectivity index (χ1) is 1.73. The Kier molecular flexibility index (Phi) is 31.8. The molecule has 0 bridgehead atoms. The second-order valence-corrected chi connectivity index (χ2v) is 38.8. The zero-order valence-electron chi connectivity index (χ0n) is 3.13. The van der Waals surface area contributed by atoms with Crippen molar-refractivity contribution in [2.75, 3.05) is 0 Å². The number of rotatable bonds is 0. The molecule has 2 N–H and O–H groups in total. The predicted octanol–water partition coefficient (Wildman–Crippen LogP) is -1.66. The predicted molar refractivity (Wildman–Crippen MR) is 36.1 cm³/mol. The van der Waals surface area contributed by atoms with Crippen molar-refractivity contribution in [3.63, 3.8) is 0 Å². The van der Waals surface area contributed by atoms with E-state index in [4.69, 9.17) is 0 Å². The van der Waals surface area contributed by atoms with Gasteiger partial charge >= 0.3 is 103 Å². The van der Waals surface area contributed by atoms with Crippen LogP contribution >= 0.6 is 38.1 Å². The molecule has 0 saturated carbocycles. The van der Waals surface area contributed by atoms with Crippen LogP contribution in [0.2, 0.25) is 0 Å². The van der Waals surface area contributed by atoms with Gasteiger partial charge in [-0.2, -0.15) is 0 Å². The van der Waals surface area contributed by atoms with E-state index in [-0.39, 0.29) is 56.9 Å². The summed E-state index contributed by atoms with van der Waals surface area (Å²) in [5.74, 6) is 0. The van der Waals surface area contributed by atoms with Crippen LogP contribution in [0.1, 0.15) is 0 Å². The summed E-state index contributed by atoms with van der Waals surface area (Å²) in [4.78, 5) is 0. The average Bonchev–Trinajstić information content (AvgIpc) is 0.811. The molecule has 0 aliphatic heterocycles. The largest absolute Gasteiger partial charge is 1.00 e. The van der Waals surface area contributed by atoms with E-state index in [1.165, 1.54) is 0 Å². The van der Waals surface area contributed by atoms with E-state index in [0.717, 1.165) is 0 Å². The smallest absolute Gasteiger partial charge is 1.00 e. The molecule has 0 aromatic carbocycles. The molecule has 0 aliphatic rings. The van der Waals surface area contributed by atoms with Crippen LogP contribution in [-0.4, -0.2) is 18.6 Å². The van der Waals surface area contributed by atoms with Crippen molar-refractivity contribution in [3.05, 3.63) is 0 Å². The maximum Gasteiger partial charge on any atom is 1.00 e. The van der Waals surface area contributed by atoms with Gasteiger partial charge in [-0.25, -0.2) is 0 Å². The van der Waals surface area contributed by atoms with E-state index >= 15 is 0 Å². The number of hydrogen-bond donors (Lipinski definition) is 0. The standard InChI is InChI=1S/3BrH.K.H2O.Sn/h3*1H;;1H2;/q;;;+1;;+2/p-3. The molecule has 0 atom stereocenters.